The lowest BCUT2D eigenvalue weighted by molar-refractivity contribution is -0.137. The van der Waals surface area contributed by atoms with Gasteiger partial charge in [-0.2, -0.15) is 13.2 Å². The zero-order valence-electron chi connectivity index (χ0n) is 9.06. The van der Waals surface area contributed by atoms with E-state index in [1.165, 1.54) is 0 Å². The Hall–Kier alpha value is -0.840. The molecule has 5 heteroatoms. The van der Waals surface area contributed by atoms with Gasteiger partial charge < -0.3 is 0 Å². The number of carbonyl (C=O) groups is 1. The molecule has 0 saturated carbocycles. The second kappa shape index (κ2) is 6.19. The summed E-state index contributed by atoms with van der Waals surface area (Å²) in [5.41, 5.74) is 0.816. The second-order valence-electron chi connectivity index (χ2n) is 3.81. The van der Waals surface area contributed by atoms with Crippen molar-refractivity contribution in [3.8, 4) is 0 Å². The number of ketones is 1. The van der Waals surface area contributed by atoms with Crippen LogP contribution < -0.4 is 0 Å². The minimum Gasteiger partial charge on any atom is -0.299 e. The maximum Gasteiger partial charge on any atom is 0.389 e. The lowest BCUT2D eigenvalue weighted by Gasteiger charge is -2.05. The minimum atomic E-state index is -4.17. The van der Waals surface area contributed by atoms with Crippen molar-refractivity contribution in [1.82, 2.24) is 0 Å². The third kappa shape index (κ3) is 6.46. The fraction of sp³-hybridized carbons (Fsp3) is 0.417. The highest BCUT2D eigenvalue weighted by molar-refractivity contribution is 9.10. The van der Waals surface area contributed by atoms with Gasteiger partial charge in [0.1, 0.15) is 5.78 Å². The van der Waals surface area contributed by atoms with Crippen LogP contribution in [0.25, 0.3) is 0 Å². The van der Waals surface area contributed by atoms with E-state index in [0.29, 0.717) is 0 Å². The Kier molecular flexibility index (Phi) is 5.18. The van der Waals surface area contributed by atoms with Gasteiger partial charge in [-0.15, -0.1) is 0 Å². The van der Waals surface area contributed by atoms with E-state index in [1.807, 2.05) is 6.07 Å². The van der Waals surface area contributed by atoms with Crippen molar-refractivity contribution in [2.24, 2.45) is 0 Å². The van der Waals surface area contributed by atoms with Crippen LogP contribution in [0.15, 0.2) is 28.7 Å². The Morgan fingerprint density at radius 3 is 2.59 bits per heavy atom. The van der Waals surface area contributed by atoms with E-state index in [2.05, 4.69) is 15.9 Å². The first kappa shape index (κ1) is 14.2. The number of rotatable bonds is 5. The smallest absolute Gasteiger partial charge is 0.299 e. The molecule has 0 atom stereocenters. The van der Waals surface area contributed by atoms with E-state index >= 15 is 0 Å². The summed E-state index contributed by atoms with van der Waals surface area (Å²) < 4.78 is 36.5. The van der Waals surface area contributed by atoms with Crippen LogP contribution in [0.1, 0.15) is 24.8 Å². The number of hydrogen-bond donors (Lipinski definition) is 0. The first-order valence-corrected chi connectivity index (χ1v) is 5.99. The van der Waals surface area contributed by atoms with Gasteiger partial charge >= 0.3 is 6.18 Å². The zero-order valence-corrected chi connectivity index (χ0v) is 10.6. The van der Waals surface area contributed by atoms with Crippen LogP contribution in [0.3, 0.4) is 0 Å². The monoisotopic (exact) mass is 308 g/mol. The Balaban J connectivity index is 2.35. The predicted octanol–water partition coefficient (Wildman–Crippen LogP) is 4.29. The van der Waals surface area contributed by atoms with Gasteiger partial charge in [-0.3, -0.25) is 4.79 Å². The number of alkyl halides is 3. The fourth-order valence-corrected chi connectivity index (χ4v) is 1.90. The normalized spacial score (nSPS) is 11.5. The SMILES string of the molecule is O=C(CCCC(F)(F)F)Cc1cccc(Br)c1. The molecule has 17 heavy (non-hydrogen) atoms. The summed E-state index contributed by atoms with van der Waals surface area (Å²) in [4.78, 5) is 11.4. The average Bonchev–Trinajstić information content (AvgIpc) is 2.15. The van der Waals surface area contributed by atoms with Crippen LogP contribution in [0, 0.1) is 0 Å². The number of carbonyl (C=O) groups excluding carboxylic acids is 1. The van der Waals surface area contributed by atoms with Gasteiger partial charge in [0, 0.05) is 23.7 Å². The molecule has 0 amide bonds. The zero-order chi connectivity index (χ0) is 12.9. The maximum atomic E-state index is 11.9. The van der Waals surface area contributed by atoms with Gasteiger partial charge in [-0.25, -0.2) is 0 Å². The van der Waals surface area contributed by atoms with Crippen LogP contribution in [0.5, 0.6) is 0 Å². The minimum absolute atomic E-state index is 0.0218. The van der Waals surface area contributed by atoms with Crippen LogP contribution >= 0.6 is 15.9 Å². The van der Waals surface area contributed by atoms with Gasteiger partial charge in [-0.05, 0) is 24.1 Å². The molecule has 0 N–H and O–H groups in total. The molecule has 1 aromatic rings. The van der Waals surface area contributed by atoms with E-state index in [1.54, 1.807) is 18.2 Å². The molecule has 0 aliphatic rings. The largest absolute Gasteiger partial charge is 0.389 e. The van der Waals surface area contributed by atoms with Gasteiger partial charge in [0.05, 0.1) is 0 Å². The van der Waals surface area contributed by atoms with Crippen LogP contribution in [-0.4, -0.2) is 12.0 Å². The molecule has 0 aromatic heterocycles. The van der Waals surface area contributed by atoms with E-state index in [-0.39, 0.29) is 25.0 Å². The molecule has 0 fully saturated rings. The summed E-state index contributed by atoms with van der Waals surface area (Å²) in [6.45, 7) is 0. The van der Waals surface area contributed by atoms with Crippen LogP contribution in [-0.2, 0) is 11.2 Å². The predicted molar refractivity (Wildman–Crippen MR) is 62.8 cm³/mol. The molecule has 0 bridgehead atoms. The van der Waals surface area contributed by atoms with E-state index in [9.17, 15) is 18.0 Å². The molecule has 1 nitrogen and oxygen atoms in total. The summed E-state index contributed by atoms with van der Waals surface area (Å²) in [7, 11) is 0. The van der Waals surface area contributed by atoms with E-state index in [4.69, 9.17) is 0 Å². The Morgan fingerprint density at radius 2 is 2.00 bits per heavy atom. The summed E-state index contributed by atoms with van der Waals surface area (Å²) in [6.07, 6.45) is -5.02. The molecule has 0 radical (unpaired) electrons. The molecule has 0 saturated heterocycles. The van der Waals surface area contributed by atoms with Crippen LogP contribution in [0.4, 0.5) is 13.2 Å². The Labute approximate surface area is 106 Å². The quantitative estimate of drug-likeness (QED) is 0.793. The molecule has 0 unspecified atom stereocenters. The van der Waals surface area contributed by atoms with Crippen molar-refractivity contribution < 1.29 is 18.0 Å². The first-order valence-electron chi connectivity index (χ1n) is 5.20. The van der Waals surface area contributed by atoms with Crippen molar-refractivity contribution >= 4 is 21.7 Å². The van der Waals surface area contributed by atoms with Crippen molar-refractivity contribution in [3.63, 3.8) is 0 Å². The van der Waals surface area contributed by atoms with Crippen molar-refractivity contribution in [2.45, 2.75) is 31.9 Å². The molecule has 94 valence electrons. The fourth-order valence-electron chi connectivity index (χ4n) is 1.45. The topological polar surface area (TPSA) is 17.1 Å². The average molecular weight is 309 g/mol. The Morgan fingerprint density at radius 1 is 1.29 bits per heavy atom. The summed E-state index contributed by atoms with van der Waals surface area (Å²) in [5.74, 6) is -0.160. The third-order valence-electron chi connectivity index (χ3n) is 2.21. The molecule has 0 spiro atoms. The number of hydrogen-bond acceptors (Lipinski definition) is 1. The van der Waals surface area contributed by atoms with Gasteiger partial charge in [0.15, 0.2) is 0 Å². The van der Waals surface area contributed by atoms with Crippen molar-refractivity contribution in [1.29, 1.82) is 0 Å². The van der Waals surface area contributed by atoms with Crippen molar-refractivity contribution in [3.05, 3.63) is 34.3 Å². The van der Waals surface area contributed by atoms with Gasteiger partial charge in [-0.1, -0.05) is 28.1 Å². The summed E-state index contributed by atoms with van der Waals surface area (Å²) in [5, 5.41) is 0. The highest BCUT2D eigenvalue weighted by Gasteiger charge is 2.26. The molecular weight excluding hydrogens is 297 g/mol. The van der Waals surface area contributed by atoms with Crippen molar-refractivity contribution in [2.75, 3.05) is 0 Å². The van der Waals surface area contributed by atoms with Crippen LogP contribution in [0.2, 0.25) is 0 Å². The van der Waals surface area contributed by atoms with Gasteiger partial charge in [0.25, 0.3) is 0 Å². The number of Topliss-reactive ketones (excluding diaryl/α,β-unsaturated/α-hetero) is 1. The lowest BCUT2D eigenvalue weighted by Crippen LogP contribution is -2.09. The van der Waals surface area contributed by atoms with E-state index in [0.717, 1.165) is 10.0 Å². The second-order valence-corrected chi connectivity index (χ2v) is 4.73. The Bertz CT molecular complexity index is 388. The first-order chi connectivity index (χ1) is 7.87. The molecule has 1 aromatic carbocycles. The molecular formula is C12H12BrF3O. The standard InChI is InChI=1S/C12H12BrF3O/c13-10-4-1-3-9(7-10)8-11(17)5-2-6-12(14,15)16/h1,3-4,7H,2,5-6,8H2. The number of halogens is 4. The third-order valence-corrected chi connectivity index (χ3v) is 2.70. The highest BCUT2D eigenvalue weighted by atomic mass is 79.9. The molecule has 0 aliphatic carbocycles. The molecule has 0 heterocycles. The van der Waals surface area contributed by atoms with E-state index < -0.39 is 12.6 Å². The molecule has 1 rings (SSSR count). The summed E-state index contributed by atoms with van der Waals surface area (Å²) >= 11 is 3.27. The number of benzene rings is 1. The summed E-state index contributed by atoms with van der Waals surface area (Å²) in [6, 6.07) is 7.20. The lowest BCUT2D eigenvalue weighted by atomic mass is 10.0. The maximum absolute atomic E-state index is 11.9. The molecule has 0 aliphatic heterocycles. The van der Waals surface area contributed by atoms with Gasteiger partial charge in [0.2, 0.25) is 0 Å². The highest BCUT2D eigenvalue weighted by Crippen LogP contribution is 2.22.